The lowest BCUT2D eigenvalue weighted by molar-refractivity contribution is -0.119. The van der Waals surface area contributed by atoms with Gasteiger partial charge in [0.15, 0.2) is 0 Å². The number of halogens is 1. The van der Waals surface area contributed by atoms with Crippen LogP contribution < -0.4 is 10.6 Å². The molecule has 0 aromatic heterocycles. The van der Waals surface area contributed by atoms with E-state index in [0.29, 0.717) is 0 Å². The number of hydrogen-bond acceptors (Lipinski definition) is 2. The molecule has 0 aliphatic rings. The van der Waals surface area contributed by atoms with E-state index in [2.05, 4.69) is 10.6 Å². The van der Waals surface area contributed by atoms with Crippen LogP contribution >= 0.6 is 11.6 Å². The van der Waals surface area contributed by atoms with Crippen LogP contribution in [0.25, 0.3) is 0 Å². The van der Waals surface area contributed by atoms with E-state index in [1.165, 1.54) is 0 Å². The predicted molar refractivity (Wildman–Crippen MR) is 87.7 cm³/mol. The number of para-hydroxylation sites is 1. The van der Waals surface area contributed by atoms with Gasteiger partial charge in [0.25, 0.3) is 0 Å². The number of rotatable bonds is 6. The zero-order valence-electron chi connectivity index (χ0n) is 12.0. The summed E-state index contributed by atoms with van der Waals surface area (Å²) < 4.78 is 0. The molecular weight excluding hydrogens is 284 g/mol. The highest BCUT2D eigenvalue weighted by atomic mass is 35.5. The third-order valence-electron chi connectivity index (χ3n) is 3.07. The van der Waals surface area contributed by atoms with E-state index >= 15 is 0 Å². The lowest BCUT2D eigenvalue weighted by Gasteiger charge is -2.15. The number of hydrogen-bond donors (Lipinski definition) is 2. The second-order valence-corrected chi connectivity index (χ2v) is 5.46. The lowest BCUT2D eigenvalue weighted by Crippen LogP contribution is -2.37. The molecule has 0 heterocycles. The molecule has 0 aliphatic heterocycles. The first-order valence-corrected chi connectivity index (χ1v) is 7.34. The minimum Gasteiger partial charge on any atom is -0.376 e. The summed E-state index contributed by atoms with van der Waals surface area (Å²) >= 11 is 5.95. The van der Waals surface area contributed by atoms with Crippen molar-refractivity contribution in [2.75, 3.05) is 11.9 Å². The Balaban J connectivity index is 1.77. The second-order valence-electron chi connectivity index (χ2n) is 5.02. The molecule has 0 bridgehead atoms. The molecule has 2 N–H and O–H groups in total. The van der Waals surface area contributed by atoms with Crippen molar-refractivity contribution in [1.82, 2.24) is 5.32 Å². The molecule has 110 valence electrons. The molecule has 4 heteroatoms. The molecule has 2 rings (SSSR count). The number of amides is 1. The summed E-state index contributed by atoms with van der Waals surface area (Å²) in [5.41, 5.74) is 2.06. The Morgan fingerprint density at radius 1 is 1.14 bits per heavy atom. The van der Waals surface area contributed by atoms with Crippen LogP contribution in [0.5, 0.6) is 0 Å². The summed E-state index contributed by atoms with van der Waals surface area (Å²) in [6.07, 6.45) is 0.762. The quantitative estimate of drug-likeness (QED) is 0.857. The smallest absolute Gasteiger partial charge is 0.239 e. The van der Waals surface area contributed by atoms with Crippen LogP contribution in [0.3, 0.4) is 0 Å². The number of anilines is 1. The van der Waals surface area contributed by atoms with Gasteiger partial charge in [-0.05, 0) is 43.2 Å². The monoisotopic (exact) mass is 302 g/mol. The SMILES string of the molecule is CC(Cc1cccc(Cl)c1)NC(=O)CNc1ccccc1. The summed E-state index contributed by atoms with van der Waals surface area (Å²) in [5.74, 6) is -0.0200. The molecule has 2 aromatic carbocycles. The minimum atomic E-state index is -0.0200. The molecule has 0 saturated heterocycles. The first kappa shape index (κ1) is 15.4. The Labute approximate surface area is 130 Å². The average Bonchev–Trinajstić information content (AvgIpc) is 2.46. The fourth-order valence-corrected chi connectivity index (χ4v) is 2.35. The molecule has 0 spiro atoms. The largest absolute Gasteiger partial charge is 0.376 e. The topological polar surface area (TPSA) is 41.1 Å². The van der Waals surface area contributed by atoms with E-state index in [-0.39, 0.29) is 18.5 Å². The molecule has 0 fully saturated rings. The van der Waals surface area contributed by atoms with Crippen molar-refractivity contribution in [1.29, 1.82) is 0 Å². The third kappa shape index (κ3) is 5.48. The van der Waals surface area contributed by atoms with Gasteiger partial charge in [-0.1, -0.05) is 41.9 Å². The minimum absolute atomic E-state index is 0.0200. The van der Waals surface area contributed by atoms with E-state index in [0.717, 1.165) is 22.7 Å². The van der Waals surface area contributed by atoms with Gasteiger partial charge >= 0.3 is 0 Å². The average molecular weight is 303 g/mol. The molecular formula is C17H19ClN2O. The van der Waals surface area contributed by atoms with Crippen molar-refractivity contribution in [3.63, 3.8) is 0 Å². The standard InChI is InChI=1S/C17H19ClN2O/c1-13(10-14-6-5-7-15(18)11-14)20-17(21)12-19-16-8-3-2-4-9-16/h2-9,11,13,19H,10,12H2,1H3,(H,20,21). The fourth-order valence-electron chi connectivity index (χ4n) is 2.13. The van der Waals surface area contributed by atoms with Crippen LogP contribution in [0, 0.1) is 0 Å². The number of carbonyl (C=O) groups is 1. The maximum absolute atomic E-state index is 11.9. The first-order valence-electron chi connectivity index (χ1n) is 6.96. The first-order chi connectivity index (χ1) is 10.1. The van der Waals surface area contributed by atoms with Crippen LogP contribution in [0.1, 0.15) is 12.5 Å². The summed E-state index contributed by atoms with van der Waals surface area (Å²) in [6, 6.07) is 17.4. The van der Waals surface area contributed by atoms with E-state index in [4.69, 9.17) is 11.6 Å². The van der Waals surface area contributed by atoms with Crippen LogP contribution in [0.4, 0.5) is 5.69 Å². The molecule has 0 saturated carbocycles. The highest BCUT2D eigenvalue weighted by molar-refractivity contribution is 6.30. The summed E-state index contributed by atoms with van der Waals surface area (Å²) in [7, 11) is 0. The third-order valence-corrected chi connectivity index (χ3v) is 3.30. The molecule has 1 unspecified atom stereocenters. The molecule has 0 radical (unpaired) electrons. The van der Waals surface area contributed by atoms with Crippen LogP contribution in [0.2, 0.25) is 5.02 Å². The summed E-state index contributed by atoms with van der Waals surface area (Å²) in [5, 5.41) is 6.78. The molecule has 2 aromatic rings. The Bertz CT molecular complexity index is 586. The van der Waals surface area contributed by atoms with E-state index in [1.807, 2.05) is 61.5 Å². The Morgan fingerprint density at radius 2 is 1.90 bits per heavy atom. The maximum atomic E-state index is 11.9. The van der Waals surface area contributed by atoms with E-state index in [1.54, 1.807) is 0 Å². The van der Waals surface area contributed by atoms with Crippen LogP contribution in [-0.4, -0.2) is 18.5 Å². The highest BCUT2D eigenvalue weighted by Crippen LogP contribution is 2.12. The Morgan fingerprint density at radius 3 is 2.62 bits per heavy atom. The molecule has 0 aliphatic carbocycles. The fraction of sp³-hybridized carbons (Fsp3) is 0.235. The van der Waals surface area contributed by atoms with Crippen LogP contribution in [-0.2, 0) is 11.2 Å². The normalized spacial score (nSPS) is 11.7. The Hall–Kier alpha value is -2.00. The van der Waals surface area contributed by atoms with Crippen molar-refractivity contribution in [3.05, 3.63) is 65.2 Å². The number of carbonyl (C=O) groups excluding carboxylic acids is 1. The van der Waals surface area contributed by atoms with Crippen molar-refractivity contribution in [3.8, 4) is 0 Å². The van der Waals surface area contributed by atoms with Crippen molar-refractivity contribution >= 4 is 23.2 Å². The summed E-state index contributed by atoms with van der Waals surface area (Å²) in [4.78, 5) is 11.9. The van der Waals surface area contributed by atoms with E-state index in [9.17, 15) is 4.79 Å². The van der Waals surface area contributed by atoms with Gasteiger partial charge in [-0.2, -0.15) is 0 Å². The van der Waals surface area contributed by atoms with Gasteiger partial charge in [0.2, 0.25) is 5.91 Å². The Kier molecular flexibility index (Phi) is 5.64. The number of nitrogens with one attached hydrogen (secondary N) is 2. The van der Waals surface area contributed by atoms with Gasteiger partial charge < -0.3 is 10.6 Å². The van der Waals surface area contributed by atoms with Crippen LogP contribution in [0.15, 0.2) is 54.6 Å². The van der Waals surface area contributed by atoms with Crippen molar-refractivity contribution in [2.45, 2.75) is 19.4 Å². The van der Waals surface area contributed by atoms with Gasteiger partial charge in [-0.15, -0.1) is 0 Å². The zero-order chi connectivity index (χ0) is 15.1. The van der Waals surface area contributed by atoms with Gasteiger partial charge in [0.1, 0.15) is 0 Å². The van der Waals surface area contributed by atoms with Gasteiger partial charge in [0.05, 0.1) is 6.54 Å². The number of benzene rings is 2. The molecule has 21 heavy (non-hydrogen) atoms. The van der Waals surface area contributed by atoms with Gasteiger partial charge in [0, 0.05) is 16.8 Å². The van der Waals surface area contributed by atoms with Crippen molar-refractivity contribution in [2.24, 2.45) is 0 Å². The van der Waals surface area contributed by atoms with E-state index < -0.39 is 0 Å². The zero-order valence-corrected chi connectivity index (χ0v) is 12.7. The molecule has 3 nitrogen and oxygen atoms in total. The highest BCUT2D eigenvalue weighted by Gasteiger charge is 2.08. The lowest BCUT2D eigenvalue weighted by atomic mass is 10.1. The van der Waals surface area contributed by atoms with Gasteiger partial charge in [-0.25, -0.2) is 0 Å². The summed E-state index contributed by atoms with van der Waals surface area (Å²) in [6.45, 7) is 2.26. The predicted octanol–water partition coefficient (Wildman–Crippen LogP) is 3.50. The molecule has 1 atom stereocenters. The molecule has 1 amide bonds. The van der Waals surface area contributed by atoms with Gasteiger partial charge in [-0.3, -0.25) is 4.79 Å². The van der Waals surface area contributed by atoms with Crippen molar-refractivity contribution < 1.29 is 4.79 Å². The maximum Gasteiger partial charge on any atom is 0.239 e. The second kappa shape index (κ2) is 7.70.